The van der Waals surface area contributed by atoms with Gasteiger partial charge in [-0.25, -0.2) is 17.9 Å². The predicted molar refractivity (Wildman–Crippen MR) is 88.6 cm³/mol. The molecule has 8 heteroatoms. The molecular formula is C15H18N2O4S2. The monoisotopic (exact) mass is 354 g/mol. The summed E-state index contributed by atoms with van der Waals surface area (Å²) in [4.78, 5) is 11.7. The van der Waals surface area contributed by atoms with Gasteiger partial charge in [0.25, 0.3) is 0 Å². The molecule has 0 unspecified atom stereocenters. The Hall–Kier alpha value is -1.90. The van der Waals surface area contributed by atoms with E-state index in [-0.39, 0.29) is 17.4 Å². The molecule has 0 aliphatic rings. The molecule has 0 radical (unpaired) electrons. The summed E-state index contributed by atoms with van der Waals surface area (Å²) in [6, 6.07) is 11.0. The van der Waals surface area contributed by atoms with Crippen LogP contribution < -0.4 is 10.0 Å². The lowest BCUT2D eigenvalue weighted by Gasteiger charge is -2.08. The lowest BCUT2D eigenvalue weighted by molar-refractivity contribution is 0.139. The van der Waals surface area contributed by atoms with Gasteiger partial charge in [0.2, 0.25) is 10.0 Å². The van der Waals surface area contributed by atoms with Crippen molar-refractivity contribution in [3.8, 4) is 0 Å². The van der Waals surface area contributed by atoms with E-state index in [1.807, 2.05) is 30.3 Å². The highest BCUT2D eigenvalue weighted by Gasteiger charge is 2.19. The number of benzene rings is 1. The van der Waals surface area contributed by atoms with Crippen LogP contribution in [0.2, 0.25) is 0 Å². The van der Waals surface area contributed by atoms with Gasteiger partial charge in [0, 0.05) is 18.7 Å². The third-order valence-electron chi connectivity index (χ3n) is 2.92. The smallest absolute Gasteiger partial charge is 0.407 e. The maximum Gasteiger partial charge on any atom is 0.407 e. The fourth-order valence-corrected chi connectivity index (χ4v) is 4.38. The Kier molecular flexibility index (Phi) is 6.14. The highest BCUT2D eigenvalue weighted by molar-refractivity contribution is 7.91. The maximum absolute atomic E-state index is 12.0. The van der Waals surface area contributed by atoms with Crippen molar-refractivity contribution in [3.05, 3.63) is 52.9 Å². The number of alkyl carbamates (subject to hydrolysis) is 1. The molecule has 1 aromatic carbocycles. The first-order chi connectivity index (χ1) is 11.0. The van der Waals surface area contributed by atoms with Crippen LogP contribution in [-0.4, -0.2) is 21.1 Å². The van der Waals surface area contributed by atoms with Crippen molar-refractivity contribution in [1.29, 1.82) is 0 Å². The van der Waals surface area contributed by atoms with E-state index in [1.54, 1.807) is 18.4 Å². The standard InChI is InChI=1S/C15H18N2O4S2/c1-2-17-23(19,20)14-13(8-9-22-14)10-16-15(18)21-11-12-6-4-3-5-7-12/h3-9,17H,2,10-11H2,1H3,(H,16,18). The zero-order valence-electron chi connectivity index (χ0n) is 12.6. The van der Waals surface area contributed by atoms with Crippen molar-refractivity contribution in [2.45, 2.75) is 24.3 Å². The molecule has 1 heterocycles. The SMILES string of the molecule is CCNS(=O)(=O)c1sccc1CNC(=O)OCc1ccccc1. The summed E-state index contributed by atoms with van der Waals surface area (Å²) in [7, 11) is -3.52. The van der Waals surface area contributed by atoms with Gasteiger partial charge in [-0.15, -0.1) is 11.3 Å². The van der Waals surface area contributed by atoms with Gasteiger partial charge in [-0.2, -0.15) is 0 Å². The number of hydrogen-bond acceptors (Lipinski definition) is 5. The molecule has 0 aliphatic carbocycles. The number of carbonyl (C=O) groups excluding carboxylic acids is 1. The lowest BCUT2D eigenvalue weighted by Crippen LogP contribution is -2.26. The zero-order valence-corrected chi connectivity index (χ0v) is 14.2. The van der Waals surface area contributed by atoms with Crippen LogP contribution >= 0.6 is 11.3 Å². The number of ether oxygens (including phenoxy) is 1. The molecule has 0 saturated carbocycles. The van der Waals surface area contributed by atoms with E-state index >= 15 is 0 Å². The molecule has 2 aromatic rings. The number of sulfonamides is 1. The topological polar surface area (TPSA) is 84.5 Å². The Balaban J connectivity index is 1.89. The molecule has 0 saturated heterocycles. The molecule has 0 bridgehead atoms. The van der Waals surface area contributed by atoms with Crippen molar-refractivity contribution in [1.82, 2.24) is 10.0 Å². The highest BCUT2D eigenvalue weighted by atomic mass is 32.2. The molecule has 0 aliphatic heterocycles. The van der Waals surface area contributed by atoms with E-state index in [4.69, 9.17) is 4.74 Å². The number of hydrogen-bond donors (Lipinski definition) is 2. The Morgan fingerprint density at radius 1 is 1.22 bits per heavy atom. The summed E-state index contributed by atoms with van der Waals surface area (Å²) in [5, 5.41) is 4.24. The minimum Gasteiger partial charge on any atom is -0.445 e. The Morgan fingerprint density at radius 3 is 2.65 bits per heavy atom. The number of nitrogens with one attached hydrogen (secondary N) is 2. The molecule has 1 amide bonds. The number of rotatable bonds is 7. The summed E-state index contributed by atoms with van der Waals surface area (Å²) in [5.74, 6) is 0. The summed E-state index contributed by atoms with van der Waals surface area (Å²) in [6.45, 7) is 2.28. The fourth-order valence-electron chi connectivity index (χ4n) is 1.89. The lowest BCUT2D eigenvalue weighted by atomic mass is 10.2. The maximum atomic E-state index is 12.0. The first-order valence-corrected chi connectivity index (χ1v) is 9.40. The fraction of sp³-hybridized carbons (Fsp3) is 0.267. The van der Waals surface area contributed by atoms with Crippen LogP contribution in [0, 0.1) is 0 Å². The molecule has 6 nitrogen and oxygen atoms in total. The first kappa shape index (κ1) is 17.5. The summed E-state index contributed by atoms with van der Waals surface area (Å²) in [6.07, 6.45) is -0.591. The van der Waals surface area contributed by atoms with Crippen molar-refractivity contribution in [2.75, 3.05) is 6.54 Å². The van der Waals surface area contributed by atoms with Gasteiger partial charge in [0.1, 0.15) is 10.8 Å². The van der Waals surface area contributed by atoms with Crippen molar-refractivity contribution >= 4 is 27.5 Å². The summed E-state index contributed by atoms with van der Waals surface area (Å²) < 4.78 is 31.8. The summed E-state index contributed by atoms with van der Waals surface area (Å²) >= 11 is 1.12. The van der Waals surface area contributed by atoms with E-state index in [1.165, 1.54) is 0 Å². The minimum absolute atomic E-state index is 0.0943. The van der Waals surface area contributed by atoms with Gasteiger partial charge in [0.05, 0.1) is 0 Å². The van der Waals surface area contributed by atoms with Crippen molar-refractivity contribution in [2.24, 2.45) is 0 Å². The van der Waals surface area contributed by atoms with Gasteiger partial charge in [-0.05, 0) is 17.0 Å². The quantitative estimate of drug-likeness (QED) is 0.800. The highest BCUT2D eigenvalue weighted by Crippen LogP contribution is 2.22. The zero-order chi connectivity index (χ0) is 16.7. The number of carbonyl (C=O) groups is 1. The average molecular weight is 354 g/mol. The van der Waals surface area contributed by atoms with E-state index in [0.29, 0.717) is 12.1 Å². The normalized spacial score (nSPS) is 11.2. The van der Waals surface area contributed by atoms with Crippen LogP contribution in [0.25, 0.3) is 0 Å². The minimum atomic E-state index is -3.52. The molecule has 124 valence electrons. The molecule has 2 N–H and O–H groups in total. The average Bonchev–Trinajstić information content (AvgIpc) is 3.01. The largest absolute Gasteiger partial charge is 0.445 e. The third-order valence-corrected chi connectivity index (χ3v) is 6.04. The molecule has 1 aromatic heterocycles. The number of amides is 1. The van der Waals surface area contributed by atoms with E-state index in [9.17, 15) is 13.2 Å². The Labute approximate surface area is 139 Å². The van der Waals surface area contributed by atoms with Crippen LogP contribution in [0.1, 0.15) is 18.1 Å². The van der Waals surface area contributed by atoms with Crippen LogP contribution in [0.4, 0.5) is 4.79 Å². The van der Waals surface area contributed by atoms with E-state index in [2.05, 4.69) is 10.0 Å². The van der Waals surface area contributed by atoms with E-state index < -0.39 is 16.1 Å². The van der Waals surface area contributed by atoms with Crippen LogP contribution in [0.15, 0.2) is 46.0 Å². The molecule has 0 atom stereocenters. The predicted octanol–water partition coefficient (Wildman–Crippen LogP) is 2.47. The molecule has 23 heavy (non-hydrogen) atoms. The van der Waals surface area contributed by atoms with Crippen LogP contribution in [0.3, 0.4) is 0 Å². The summed E-state index contributed by atoms with van der Waals surface area (Å²) in [5.41, 5.74) is 1.42. The number of thiophene rings is 1. The van der Waals surface area contributed by atoms with Gasteiger partial charge >= 0.3 is 6.09 Å². The van der Waals surface area contributed by atoms with Gasteiger partial charge in [0.15, 0.2) is 0 Å². The second-order valence-electron chi connectivity index (χ2n) is 4.65. The van der Waals surface area contributed by atoms with E-state index in [0.717, 1.165) is 16.9 Å². The third kappa shape index (κ3) is 5.05. The van der Waals surface area contributed by atoms with Crippen LogP contribution in [-0.2, 0) is 27.9 Å². The molecule has 0 spiro atoms. The Bertz CT molecular complexity index is 742. The molecular weight excluding hydrogens is 336 g/mol. The second kappa shape index (κ2) is 8.09. The molecule has 0 fully saturated rings. The first-order valence-electron chi connectivity index (χ1n) is 7.03. The molecule has 2 rings (SSSR count). The van der Waals surface area contributed by atoms with Gasteiger partial charge < -0.3 is 10.1 Å². The second-order valence-corrected chi connectivity index (χ2v) is 7.53. The van der Waals surface area contributed by atoms with Gasteiger partial charge in [-0.1, -0.05) is 37.3 Å². The Morgan fingerprint density at radius 2 is 1.96 bits per heavy atom. The van der Waals surface area contributed by atoms with Crippen LogP contribution in [0.5, 0.6) is 0 Å². The van der Waals surface area contributed by atoms with Gasteiger partial charge in [-0.3, -0.25) is 0 Å². The van der Waals surface area contributed by atoms with Crippen molar-refractivity contribution < 1.29 is 17.9 Å². The van der Waals surface area contributed by atoms with Crippen molar-refractivity contribution in [3.63, 3.8) is 0 Å².